The highest BCUT2D eigenvalue weighted by Crippen LogP contribution is 2.39. The Kier molecular flexibility index (Phi) is 13.2. The molecule has 0 aromatic heterocycles. The van der Waals surface area contributed by atoms with Crippen molar-refractivity contribution >= 4 is 27.6 Å². The molecule has 4 rings (SSSR count). The number of benzene rings is 2. The molecular weight excluding hydrogens is 681 g/mol. The molecule has 2 fully saturated rings. The minimum atomic E-state index is -3.91. The van der Waals surface area contributed by atoms with E-state index in [1.165, 1.54) is 13.8 Å². The number of β-amino-alcohol motifs (C(OH)–C–C–N with tert-alkyl or cyclic N) is 1. The van der Waals surface area contributed by atoms with Crippen molar-refractivity contribution in [1.82, 2.24) is 20.9 Å². The standard InChI is InChI=1S/C40H60N4O7S/c1-38(2,3)43-35(46)32-24-28-19-15-16-20-29(28)25-44(32)26-33(45)31(23-27-17-11-9-12-18-27)41-36(47)34(40(6,7)52(8,49)50)42-37(48)39(4,5)51-30-21-13-10-14-22-30/h9-14,17-18,21-22,28-29,31-34,45H,15-16,19-20,23-26H2,1-8H3,(H,41,47)(H,42,48)(H,43,46). The molecule has 52 heavy (non-hydrogen) atoms. The van der Waals surface area contributed by atoms with Gasteiger partial charge in [0.25, 0.3) is 5.91 Å². The molecule has 1 heterocycles. The molecule has 2 aromatic rings. The molecule has 4 N–H and O–H groups in total. The Balaban J connectivity index is 1.63. The van der Waals surface area contributed by atoms with E-state index >= 15 is 0 Å². The lowest BCUT2D eigenvalue weighted by molar-refractivity contribution is -0.138. The number of amides is 3. The molecule has 1 aliphatic carbocycles. The molecule has 11 nitrogen and oxygen atoms in total. The summed E-state index contributed by atoms with van der Waals surface area (Å²) in [6.45, 7) is 12.5. The van der Waals surface area contributed by atoms with Gasteiger partial charge in [-0.25, -0.2) is 8.42 Å². The number of sulfone groups is 1. The molecule has 1 saturated heterocycles. The Morgan fingerprint density at radius 2 is 1.46 bits per heavy atom. The van der Waals surface area contributed by atoms with Crippen LogP contribution in [0.1, 0.15) is 86.1 Å². The Hall–Kier alpha value is -3.48. The number of hydrogen-bond donors (Lipinski definition) is 4. The second-order valence-electron chi connectivity index (χ2n) is 16.8. The van der Waals surface area contributed by atoms with Crippen LogP contribution in [-0.2, 0) is 30.6 Å². The fourth-order valence-electron chi connectivity index (χ4n) is 7.32. The fraction of sp³-hybridized carbons (Fsp3) is 0.625. The number of piperidine rings is 1. The second kappa shape index (κ2) is 16.7. The Bertz CT molecular complexity index is 1630. The largest absolute Gasteiger partial charge is 0.478 e. The van der Waals surface area contributed by atoms with Crippen molar-refractivity contribution in [2.45, 2.75) is 127 Å². The zero-order valence-corrected chi connectivity index (χ0v) is 33.0. The van der Waals surface area contributed by atoms with Crippen LogP contribution in [-0.4, -0.2) is 95.6 Å². The van der Waals surface area contributed by atoms with Crippen LogP contribution in [0.25, 0.3) is 0 Å². The molecule has 3 amide bonds. The van der Waals surface area contributed by atoms with Gasteiger partial charge in [-0.05, 0) is 97.3 Å². The molecule has 288 valence electrons. The number of carbonyl (C=O) groups is 3. The SMILES string of the molecule is CC(C)(C)NC(=O)C1CC2CCCCC2CN1CC(O)C(Cc1ccccc1)NC(=O)C(NC(=O)C(C)(C)Oc1ccccc1)C(C)(C)S(C)(=O)=O. The van der Waals surface area contributed by atoms with Gasteiger partial charge in [-0.2, -0.15) is 0 Å². The zero-order valence-electron chi connectivity index (χ0n) is 32.1. The quantitative estimate of drug-likeness (QED) is 0.227. The Labute approximate surface area is 310 Å². The average Bonchev–Trinajstić information content (AvgIpc) is 3.05. The van der Waals surface area contributed by atoms with Gasteiger partial charge in [-0.15, -0.1) is 0 Å². The first kappa shape index (κ1) is 41.3. The monoisotopic (exact) mass is 740 g/mol. The van der Waals surface area contributed by atoms with Crippen molar-refractivity contribution in [2.24, 2.45) is 11.8 Å². The summed E-state index contributed by atoms with van der Waals surface area (Å²) in [7, 11) is -3.91. The summed E-state index contributed by atoms with van der Waals surface area (Å²) in [5, 5.41) is 20.8. The third-order valence-corrected chi connectivity index (χ3v) is 12.8. The highest BCUT2D eigenvalue weighted by molar-refractivity contribution is 7.92. The number of likely N-dealkylation sites (tertiary alicyclic amines) is 1. The van der Waals surface area contributed by atoms with E-state index < -0.39 is 61.8 Å². The lowest BCUT2D eigenvalue weighted by atomic mass is 9.72. The highest BCUT2D eigenvalue weighted by atomic mass is 32.2. The predicted molar refractivity (Wildman–Crippen MR) is 203 cm³/mol. The lowest BCUT2D eigenvalue weighted by Gasteiger charge is -2.47. The van der Waals surface area contributed by atoms with Crippen LogP contribution in [0.15, 0.2) is 60.7 Å². The van der Waals surface area contributed by atoms with Crippen molar-refractivity contribution in [3.8, 4) is 5.75 Å². The summed E-state index contributed by atoms with van der Waals surface area (Å²) in [4.78, 5) is 43.9. The number of nitrogens with one attached hydrogen (secondary N) is 3. The van der Waals surface area contributed by atoms with Crippen molar-refractivity contribution in [1.29, 1.82) is 0 Å². The van der Waals surface area contributed by atoms with E-state index in [-0.39, 0.29) is 18.9 Å². The smallest absolute Gasteiger partial charge is 0.264 e. The number of para-hydroxylation sites is 1. The van der Waals surface area contributed by atoms with Gasteiger partial charge < -0.3 is 25.8 Å². The molecular formula is C40H60N4O7S. The Morgan fingerprint density at radius 1 is 0.885 bits per heavy atom. The summed E-state index contributed by atoms with van der Waals surface area (Å²) in [5.74, 6) is -0.230. The molecule has 1 aliphatic heterocycles. The van der Waals surface area contributed by atoms with Gasteiger partial charge in [0.05, 0.1) is 22.9 Å². The maximum absolute atomic E-state index is 14.4. The summed E-state index contributed by atoms with van der Waals surface area (Å²) in [6.07, 6.45) is 5.27. The first-order valence-electron chi connectivity index (χ1n) is 18.5. The molecule has 2 aromatic carbocycles. The van der Waals surface area contributed by atoms with Gasteiger partial charge in [0.1, 0.15) is 11.8 Å². The number of rotatable bonds is 14. The van der Waals surface area contributed by atoms with E-state index in [2.05, 4.69) is 20.9 Å². The average molecular weight is 741 g/mol. The highest BCUT2D eigenvalue weighted by Gasteiger charge is 2.48. The van der Waals surface area contributed by atoms with Crippen LogP contribution in [0.3, 0.4) is 0 Å². The number of ether oxygens (including phenoxy) is 1. The fourth-order valence-corrected chi connectivity index (χ4v) is 7.91. The molecule has 2 aliphatic rings. The van der Waals surface area contributed by atoms with Gasteiger partial charge in [0.2, 0.25) is 11.8 Å². The first-order valence-corrected chi connectivity index (χ1v) is 20.4. The molecule has 0 bridgehead atoms. The minimum Gasteiger partial charge on any atom is -0.478 e. The van der Waals surface area contributed by atoms with E-state index in [0.717, 1.165) is 37.5 Å². The summed E-state index contributed by atoms with van der Waals surface area (Å²) >= 11 is 0. The topological polar surface area (TPSA) is 154 Å². The third-order valence-electron chi connectivity index (χ3n) is 10.7. The molecule has 6 unspecified atom stereocenters. The normalized spacial score (nSPS) is 21.9. The summed E-state index contributed by atoms with van der Waals surface area (Å²) in [5.41, 5.74) is -1.05. The lowest BCUT2D eigenvalue weighted by Crippen LogP contribution is -2.65. The predicted octanol–water partition coefficient (Wildman–Crippen LogP) is 4.04. The van der Waals surface area contributed by atoms with Gasteiger partial charge >= 0.3 is 0 Å². The van der Waals surface area contributed by atoms with Crippen molar-refractivity contribution < 1.29 is 32.6 Å². The maximum Gasteiger partial charge on any atom is 0.264 e. The molecule has 12 heteroatoms. The third kappa shape index (κ3) is 10.8. The number of aliphatic hydroxyl groups is 1. The molecule has 0 spiro atoms. The number of fused-ring (bicyclic) bond motifs is 1. The summed E-state index contributed by atoms with van der Waals surface area (Å²) in [6, 6.07) is 15.3. The summed E-state index contributed by atoms with van der Waals surface area (Å²) < 4.78 is 30.5. The van der Waals surface area contributed by atoms with Gasteiger partial charge in [-0.3, -0.25) is 19.3 Å². The van der Waals surface area contributed by atoms with E-state index in [4.69, 9.17) is 4.74 Å². The van der Waals surface area contributed by atoms with Crippen LogP contribution in [0.2, 0.25) is 0 Å². The number of aliphatic hydroxyl groups excluding tert-OH is 1. The van der Waals surface area contributed by atoms with Crippen molar-refractivity contribution in [3.63, 3.8) is 0 Å². The van der Waals surface area contributed by atoms with E-state index in [1.54, 1.807) is 38.1 Å². The number of hydrogen-bond acceptors (Lipinski definition) is 8. The second-order valence-corrected chi connectivity index (χ2v) is 19.4. The maximum atomic E-state index is 14.4. The van der Waals surface area contributed by atoms with Crippen LogP contribution in [0.4, 0.5) is 0 Å². The van der Waals surface area contributed by atoms with Crippen LogP contribution >= 0.6 is 0 Å². The van der Waals surface area contributed by atoms with Crippen LogP contribution in [0, 0.1) is 11.8 Å². The molecule has 1 saturated carbocycles. The van der Waals surface area contributed by atoms with Gasteiger partial charge in [0.15, 0.2) is 15.4 Å². The van der Waals surface area contributed by atoms with E-state index in [1.807, 2.05) is 57.2 Å². The van der Waals surface area contributed by atoms with Crippen molar-refractivity contribution in [2.75, 3.05) is 19.3 Å². The zero-order chi connectivity index (χ0) is 38.5. The number of nitrogens with zero attached hydrogens (tertiary/aromatic N) is 1. The van der Waals surface area contributed by atoms with Crippen molar-refractivity contribution in [3.05, 3.63) is 66.2 Å². The van der Waals surface area contributed by atoms with Gasteiger partial charge in [0, 0.05) is 24.9 Å². The van der Waals surface area contributed by atoms with E-state index in [9.17, 15) is 27.9 Å². The Morgan fingerprint density at radius 3 is 2.04 bits per heavy atom. The minimum absolute atomic E-state index is 0.0783. The molecule has 6 atom stereocenters. The van der Waals surface area contributed by atoms with Crippen LogP contribution < -0.4 is 20.7 Å². The molecule has 0 radical (unpaired) electrons. The number of carbonyl (C=O) groups excluding carboxylic acids is 3. The van der Waals surface area contributed by atoms with Gasteiger partial charge in [-0.1, -0.05) is 67.8 Å². The first-order chi connectivity index (χ1) is 24.2. The van der Waals surface area contributed by atoms with Crippen LogP contribution in [0.5, 0.6) is 5.75 Å². The van der Waals surface area contributed by atoms with E-state index in [0.29, 0.717) is 30.6 Å².